The fourth-order valence-corrected chi connectivity index (χ4v) is 2.61. The Morgan fingerprint density at radius 1 is 1.53 bits per heavy atom. The van der Waals surface area contributed by atoms with Crippen molar-refractivity contribution < 1.29 is 4.79 Å². The monoisotopic (exact) mass is 295 g/mol. The molecule has 6 heteroatoms. The average molecular weight is 296 g/mol. The van der Waals surface area contributed by atoms with Gasteiger partial charge in [-0.15, -0.1) is 11.3 Å². The highest BCUT2D eigenvalue weighted by atomic mass is 35.5. The van der Waals surface area contributed by atoms with Crippen molar-refractivity contribution in [1.29, 1.82) is 0 Å². The Hall–Kier alpha value is -1.59. The van der Waals surface area contributed by atoms with E-state index in [2.05, 4.69) is 10.3 Å². The summed E-state index contributed by atoms with van der Waals surface area (Å²) < 4.78 is 0. The van der Waals surface area contributed by atoms with E-state index in [1.165, 1.54) is 11.3 Å². The van der Waals surface area contributed by atoms with Crippen LogP contribution in [0.3, 0.4) is 0 Å². The number of aryl methyl sites for hydroxylation is 1. The van der Waals surface area contributed by atoms with Crippen molar-refractivity contribution in [3.8, 4) is 0 Å². The van der Waals surface area contributed by atoms with E-state index in [-0.39, 0.29) is 11.9 Å². The highest BCUT2D eigenvalue weighted by molar-refractivity contribution is 7.09. The Labute approximate surface area is 120 Å². The second kappa shape index (κ2) is 5.59. The molecular weight excluding hydrogens is 282 g/mol. The molecule has 0 bridgehead atoms. The maximum Gasteiger partial charge on any atom is 0.253 e. The van der Waals surface area contributed by atoms with Crippen LogP contribution in [0.1, 0.15) is 34.0 Å². The number of nitrogens with zero attached hydrogens (tertiary/aromatic N) is 1. The number of halogens is 1. The molecule has 3 N–H and O–H groups in total. The fourth-order valence-electron chi connectivity index (χ4n) is 1.63. The van der Waals surface area contributed by atoms with Crippen molar-refractivity contribution in [1.82, 2.24) is 10.3 Å². The van der Waals surface area contributed by atoms with Crippen molar-refractivity contribution in [3.05, 3.63) is 44.9 Å². The molecule has 1 atom stereocenters. The Bertz CT molecular complexity index is 612. The minimum absolute atomic E-state index is 0.162. The van der Waals surface area contributed by atoms with E-state index in [4.69, 9.17) is 17.3 Å². The number of hydrogen-bond donors (Lipinski definition) is 2. The number of aromatic nitrogens is 1. The molecule has 19 heavy (non-hydrogen) atoms. The van der Waals surface area contributed by atoms with E-state index in [1.807, 2.05) is 19.2 Å². The molecule has 1 heterocycles. The SMILES string of the molecule is Cc1csc(C(C)NC(=O)c2cc(Cl)ccc2N)n1. The molecule has 0 aliphatic rings. The zero-order chi connectivity index (χ0) is 14.0. The predicted molar refractivity (Wildman–Crippen MR) is 78.6 cm³/mol. The summed E-state index contributed by atoms with van der Waals surface area (Å²) in [6.07, 6.45) is 0. The fraction of sp³-hybridized carbons (Fsp3) is 0.231. The minimum atomic E-state index is -0.250. The van der Waals surface area contributed by atoms with Gasteiger partial charge in [-0.25, -0.2) is 4.98 Å². The number of carbonyl (C=O) groups is 1. The van der Waals surface area contributed by atoms with Crippen LogP contribution in [-0.2, 0) is 0 Å². The summed E-state index contributed by atoms with van der Waals surface area (Å²) in [5.74, 6) is -0.250. The summed E-state index contributed by atoms with van der Waals surface area (Å²) in [5, 5.41) is 6.16. The van der Waals surface area contributed by atoms with Gasteiger partial charge in [0.15, 0.2) is 0 Å². The number of nitrogens with two attached hydrogens (primary N) is 1. The quantitative estimate of drug-likeness (QED) is 0.855. The molecule has 1 aromatic carbocycles. The van der Waals surface area contributed by atoms with Crippen molar-refractivity contribution in [2.45, 2.75) is 19.9 Å². The van der Waals surface area contributed by atoms with Crippen LogP contribution in [0, 0.1) is 6.92 Å². The van der Waals surface area contributed by atoms with Crippen LogP contribution in [0.4, 0.5) is 5.69 Å². The lowest BCUT2D eigenvalue weighted by atomic mass is 10.1. The van der Waals surface area contributed by atoms with E-state index in [9.17, 15) is 4.79 Å². The molecule has 0 saturated carbocycles. The zero-order valence-electron chi connectivity index (χ0n) is 10.6. The number of benzene rings is 1. The number of thiazole rings is 1. The Balaban J connectivity index is 2.15. The summed E-state index contributed by atoms with van der Waals surface area (Å²) in [5.41, 5.74) is 7.51. The first-order chi connectivity index (χ1) is 8.97. The number of rotatable bonds is 3. The third-order valence-electron chi connectivity index (χ3n) is 2.61. The highest BCUT2D eigenvalue weighted by Gasteiger charge is 2.16. The zero-order valence-corrected chi connectivity index (χ0v) is 12.2. The molecule has 2 rings (SSSR count). The van der Waals surface area contributed by atoms with Gasteiger partial charge in [-0.1, -0.05) is 11.6 Å². The van der Waals surface area contributed by atoms with Crippen LogP contribution in [0.15, 0.2) is 23.6 Å². The second-order valence-corrected chi connectivity index (χ2v) is 5.58. The lowest BCUT2D eigenvalue weighted by Crippen LogP contribution is -2.27. The van der Waals surface area contributed by atoms with Gasteiger partial charge < -0.3 is 11.1 Å². The van der Waals surface area contributed by atoms with E-state index < -0.39 is 0 Å². The van der Waals surface area contributed by atoms with Crippen molar-refractivity contribution >= 4 is 34.5 Å². The molecule has 4 nitrogen and oxygen atoms in total. The van der Waals surface area contributed by atoms with Gasteiger partial charge in [-0.2, -0.15) is 0 Å². The third kappa shape index (κ3) is 3.24. The van der Waals surface area contributed by atoms with Gasteiger partial charge in [0.05, 0.1) is 11.6 Å². The molecular formula is C13H14ClN3OS. The van der Waals surface area contributed by atoms with Gasteiger partial charge in [-0.3, -0.25) is 4.79 Å². The van der Waals surface area contributed by atoms with Gasteiger partial charge >= 0.3 is 0 Å². The molecule has 0 saturated heterocycles. The predicted octanol–water partition coefficient (Wildman–Crippen LogP) is 3.18. The number of nitrogen functional groups attached to an aromatic ring is 1. The molecule has 0 aliphatic carbocycles. The second-order valence-electron chi connectivity index (χ2n) is 4.25. The number of hydrogen-bond acceptors (Lipinski definition) is 4. The van der Waals surface area contributed by atoms with Crippen LogP contribution in [0.5, 0.6) is 0 Å². The molecule has 1 unspecified atom stereocenters. The molecule has 1 amide bonds. The first kappa shape index (κ1) is 13.8. The summed E-state index contributed by atoms with van der Waals surface area (Å²) in [6, 6.07) is 4.67. The van der Waals surface area contributed by atoms with Crippen LogP contribution in [0.2, 0.25) is 5.02 Å². The molecule has 100 valence electrons. The number of amides is 1. The Kier molecular flexibility index (Phi) is 4.07. The summed E-state index contributed by atoms with van der Waals surface area (Å²) in [7, 11) is 0. The molecule has 0 aliphatic heterocycles. The highest BCUT2D eigenvalue weighted by Crippen LogP contribution is 2.21. The smallest absolute Gasteiger partial charge is 0.253 e. The van der Waals surface area contributed by atoms with E-state index >= 15 is 0 Å². The molecule has 0 radical (unpaired) electrons. The molecule has 0 fully saturated rings. The number of carbonyl (C=O) groups excluding carboxylic acids is 1. The van der Waals surface area contributed by atoms with Crippen molar-refractivity contribution in [3.63, 3.8) is 0 Å². The first-order valence-electron chi connectivity index (χ1n) is 5.75. The van der Waals surface area contributed by atoms with Crippen LogP contribution >= 0.6 is 22.9 Å². The lowest BCUT2D eigenvalue weighted by molar-refractivity contribution is 0.0940. The van der Waals surface area contributed by atoms with Crippen molar-refractivity contribution in [2.75, 3.05) is 5.73 Å². The van der Waals surface area contributed by atoms with Gasteiger partial charge in [0.1, 0.15) is 5.01 Å². The van der Waals surface area contributed by atoms with Crippen LogP contribution in [-0.4, -0.2) is 10.9 Å². The standard InChI is InChI=1S/C13H14ClN3OS/c1-7-6-19-13(16-7)8(2)17-12(18)10-5-9(14)3-4-11(10)15/h3-6,8H,15H2,1-2H3,(H,17,18). The van der Waals surface area contributed by atoms with Crippen molar-refractivity contribution in [2.24, 2.45) is 0 Å². The van der Waals surface area contributed by atoms with Gasteiger partial charge in [0.2, 0.25) is 0 Å². The number of nitrogens with one attached hydrogen (secondary N) is 1. The Morgan fingerprint density at radius 3 is 2.89 bits per heavy atom. The first-order valence-corrected chi connectivity index (χ1v) is 7.01. The maximum absolute atomic E-state index is 12.1. The average Bonchev–Trinajstić information content (AvgIpc) is 2.79. The minimum Gasteiger partial charge on any atom is -0.398 e. The summed E-state index contributed by atoms with van der Waals surface area (Å²) in [4.78, 5) is 16.5. The lowest BCUT2D eigenvalue weighted by Gasteiger charge is -2.12. The maximum atomic E-state index is 12.1. The third-order valence-corrected chi connectivity index (χ3v) is 4.00. The van der Waals surface area contributed by atoms with E-state index in [0.717, 1.165) is 10.7 Å². The summed E-state index contributed by atoms with van der Waals surface area (Å²) in [6.45, 7) is 3.81. The van der Waals surface area contributed by atoms with Gasteiger partial charge in [0.25, 0.3) is 5.91 Å². The largest absolute Gasteiger partial charge is 0.398 e. The molecule has 2 aromatic rings. The van der Waals surface area contributed by atoms with Crippen LogP contribution < -0.4 is 11.1 Å². The molecule has 0 spiro atoms. The van der Waals surface area contributed by atoms with Gasteiger partial charge in [0, 0.05) is 21.8 Å². The van der Waals surface area contributed by atoms with E-state index in [0.29, 0.717) is 16.3 Å². The summed E-state index contributed by atoms with van der Waals surface area (Å²) >= 11 is 7.39. The van der Waals surface area contributed by atoms with Crippen LogP contribution in [0.25, 0.3) is 0 Å². The topological polar surface area (TPSA) is 68.0 Å². The van der Waals surface area contributed by atoms with Gasteiger partial charge in [-0.05, 0) is 32.0 Å². The number of anilines is 1. The normalized spacial score (nSPS) is 12.2. The Morgan fingerprint density at radius 2 is 2.26 bits per heavy atom. The van der Waals surface area contributed by atoms with E-state index in [1.54, 1.807) is 18.2 Å². The molecule has 1 aromatic heterocycles.